The van der Waals surface area contributed by atoms with Gasteiger partial charge in [0.05, 0.1) is 21.3 Å². The Morgan fingerprint density at radius 1 is 0.762 bits per heavy atom. The van der Waals surface area contributed by atoms with Gasteiger partial charge in [-0.05, 0) is 35.4 Å². The van der Waals surface area contributed by atoms with Crippen LogP contribution in [-0.4, -0.2) is 26.4 Å². The molecule has 0 radical (unpaired) electrons. The van der Waals surface area contributed by atoms with Crippen LogP contribution in [0.2, 0.25) is 0 Å². The molecule has 0 unspecified atom stereocenters. The van der Waals surface area contributed by atoms with Crippen molar-refractivity contribution in [3.8, 4) is 23.0 Å². The van der Waals surface area contributed by atoms with Crippen LogP contribution in [-0.2, 0) is 0 Å². The Hall–Kier alpha value is -2.62. The van der Waals surface area contributed by atoms with Gasteiger partial charge in [-0.25, -0.2) is 0 Å². The Bertz CT molecular complexity index is 605. The van der Waals surface area contributed by atoms with Crippen molar-refractivity contribution in [2.75, 3.05) is 21.3 Å². The summed E-state index contributed by atoms with van der Waals surface area (Å²) in [7, 11) is 4.75. The van der Waals surface area contributed by atoms with E-state index >= 15 is 0 Å². The number of aromatic hydroxyl groups is 1. The van der Waals surface area contributed by atoms with Crippen molar-refractivity contribution in [2.24, 2.45) is 0 Å². The van der Waals surface area contributed by atoms with Gasteiger partial charge in [-0.3, -0.25) is 0 Å². The van der Waals surface area contributed by atoms with Gasteiger partial charge in [0.2, 0.25) is 5.75 Å². The third kappa shape index (κ3) is 3.48. The summed E-state index contributed by atoms with van der Waals surface area (Å²) in [4.78, 5) is 0. The van der Waals surface area contributed by atoms with E-state index in [9.17, 15) is 5.11 Å². The van der Waals surface area contributed by atoms with Gasteiger partial charge >= 0.3 is 0 Å². The third-order valence-electron chi connectivity index (χ3n) is 3.05. The van der Waals surface area contributed by atoms with Crippen LogP contribution in [0, 0.1) is 0 Å². The summed E-state index contributed by atoms with van der Waals surface area (Å²) >= 11 is 0. The van der Waals surface area contributed by atoms with E-state index in [1.165, 1.54) is 0 Å². The van der Waals surface area contributed by atoms with Crippen LogP contribution < -0.4 is 14.2 Å². The van der Waals surface area contributed by atoms with E-state index in [1.54, 1.807) is 33.5 Å². The van der Waals surface area contributed by atoms with Crippen LogP contribution in [0.15, 0.2) is 36.4 Å². The molecular formula is C17H18O4. The van der Waals surface area contributed by atoms with E-state index in [1.807, 2.05) is 36.4 Å². The summed E-state index contributed by atoms with van der Waals surface area (Å²) in [5.74, 6) is 2.05. The first kappa shape index (κ1) is 14.8. The molecule has 0 bridgehead atoms. The molecule has 0 atom stereocenters. The van der Waals surface area contributed by atoms with Gasteiger partial charge in [-0.15, -0.1) is 0 Å². The summed E-state index contributed by atoms with van der Waals surface area (Å²) in [5, 5.41) is 9.27. The summed E-state index contributed by atoms with van der Waals surface area (Å²) in [6.07, 6.45) is 3.89. The van der Waals surface area contributed by atoms with Crippen LogP contribution in [0.4, 0.5) is 0 Å². The molecule has 0 amide bonds. The molecule has 0 saturated heterocycles. The number of methoxy groups -OCH3 is 3. The molecule has 4 nitrogen and oxygen atoms in total. The second-order valence-electron chi connectivity index (χ2n) is 4.38. The van der Waals surface area contributed by atoms with Crippen LogP contribution in [0.25, 0.3) is 12.2 Å². The normalized spacial score (nSPS) is 10.6. The third-order valence-corrected chi connectivity index (χ3v) is 3.05. The molecule has 0 aromatic heterocycles. The number of hydrogen-bond acceptors (Lipinski definition) is 4. The lowest BCUT2D eigenvalue weighted by Crippen LogP contribution is -1.95. The highest BCUT2D eigenvalue weighted by Gasteiger charge is 2.11. The largest absolute Gasteiger partial charge is 0.508 e. The molecule has 0 fully saturated rings. The number of hydrogen-bond donors (Lipinski definition) is 1. The number of phenolic OH excluding ortho intramolecular Hbond substituents is 1. The Kier molecular flexibility index (Phi) is 4.72. The minimum absolute atomic E-state index is 0.250. The minimum Gasteiger partial charge on any atom is -0.508 e. The molecule has 0 aliphatic rings. The monoisotopic (exact) mass is 286 g/mol. The van der Waals surface area contributed by atoms with E-state index in [4.69, 9.17) is 14.2 Å². The first-order valence-corrected chi connectivity index (χ1v) is 6.45. The molecule has 0 spiro atoms. The molecule has 0 heterocycles. The van der Waals surface area contributed by atoms with E-state index in [2.05, 4.69) is 0 Å². The predicted molar refractivity (Wildman–Crippen MR) is 83.1 cm³/mol. The minimum atomic E-state index is 0.250. The first-order chi connectivity index (χ1) is 10.2. The number of phenols is 1. The molecular weight excluding hydrogens is 268 g/mol. The second kappa shape index (κ2) is 6.70. The maximum Gasteiger partial charge on any atom is 0.203 e. The quantitative estimate of drug-likeness (QED) is 0.853. The van der Waals surface area contributed by atoms with Crippen molar-refractivity contribution >= 4 is 12.2 Å². The zero-order valence-electron chi connectivity index (χ0n) is 12.3. The zero-order valence-corrected chi connectivity index (χ0v) is 12.3. The average molecular weight is 286 g/mol. The van der Waals surface area contributed by atoms with Gasteiger partial charge in [0.15, 0.2) is 11.5 Å². The summed E-state index contributed by atoms with van der Waals surface area (Å²) < 4.78 is 15.9. The first-order valence-electron chi connectivity index (χ1n) is 6.45. The SMILES string of the molecule is COc1cc(/C=C\c2ccc(O)cc2)cc(OC)c1OC. The lowest BCUT2D eigenvalue weighted by molar-refractivity contribution is 0.324. The smallest absolute Gasteiger partial charge is 0.203 e. The molecule has 0 aliphatic heterocycles. The van der Waals surface area contributed by atoms with Gasteiger partial charge in [0.25, 0.3) is 0 Å². The number of ether oxygens (including phenoxy) is 3. The Morgan fingerprint density at radius 3 is 1.76 bits per heavy atom. The molecule has 4 heteroatoms. The Morgan fingerprint density at radius 2 is 1.29 bits per heavy atom. The lowest BCUT2D eigenvalue weighted by atomic mass is 10.1. The predicted octanol–water partition coefficient (Wildman–Crippen LogP) is 3.59. The Balaban J connectivity index is 2.33. The van der Waals surface area contributed by atoms with E-state index in [0.717, 1.165) is 11.1 Å². The number of rotatable bonds is 5. The van der Waals surface area contributed by atoms with Crippen molar-refractivity contribution in [1.82, 2.24) is 0 Å². The van der Waals surface area contributed by atoms with Crippen molar-refractivity contribution in [3.63, 3.8) is 0 Å². The average Bonchev–Trinajstić information content (AvgIpc) is 2.53. The van der Waals surface area contributed by atoms with Crippen molar-refractivity contribution in [1.29, 1.82) is 0 Å². The highest BCUT2D eigenvalue weighted by molar-refractivity contribution is 5.72. The summed E-state index contributed by atoms with van der Waals surface area (Å²) in [6, 6.07) is 10.7. The highest BCUT2D eigenvalue weighted by Crippen LogP contribution is 2.38. The van der Waals surface area contributed by atoms with Crippen molar-refractivity contribution < 1.29 is 19.3 Å². The molecule has 2 aromatic rings. The van der Waals surface area contributed by atoms with Crippen LogP contribution in [0.1, 0.15) is 11.1 Å². The van der Waals surface area contributed by atoms with Crippen LogP contribution in [0.3, 0.4) is 0 Å². The van der Waals surface area contributed by atoms with Gasteiger partial charge in [0.1, 0.15) is 5.75 Å². The Labute approximate surface area is 124 Å². The molecule has 21 heavy (non-hydrogen) atoms. The fourth-order valence-electron chi connectivity index (χ4n) is 1.98. The van der Waals surface area contributed by atoms with Crippen molar-refractivity contribution in [3.05, 3.63) is 47.5 Å². The lowest BCUT2D eigenvalue weighted by Gasteiger charge is -2.12. The van der Waals surface area contributed by atoms with Gasteiger partial charge in [0, 0.05) is 0 Å². The molecule has 2 rings (SSSR count). The zero-order chi connectivity index (χ0) is 15.2. The molecule has 0 saturated carbocycles. The molecule has 110 valence electrons. The van der Waals surface area contributed by atoms with Crippen LogP contribution >= 0.6 is 0 Å². The highest BCUT2D eigenvalue weighted by atomic mass is 16.5. The summed E-state index contributed by atoms with van der Waals surface area (Å²) in [6.45, 7) is 0. The maximum atomic E-state index is 9.27. The molecule has 1 N–H and O–H groups in total. The van der Waals surface area contributed by atoms with Gasteiger partial charge < -0.3 is 19.3 Å². The van der Waals surface area contributed by atoms with Gasteiger partial charge in [-0.1, -0.05) is 24.3 Å². The van der Waals surface area contributed by atoms with Crippen molar-refractivity contribution in [2.45, 2.75) is 0 Å². The number of benzene rings is 2. The van der Waals surface area contributed by atoms with Crippen LogP contribution in [0.5, 0.6) is 23.0 Å². The maximum absolute atomic E-state index is 9.27. The van der Waals surface area contributed by atoms with E-state index < -0.39 is 0 Å². The second-order valence-corrected chi connectivity index (χ2v) is 4.38. The van der Waals surface area contributed by atoms with Gasteiger partial charge in [-0.2, -0.15) is 0 Å². The molecule has 2 aromatic carbocycles. The van der Waals surface area contributed by atoms with E-state index in [-0.39, 0.29) is 5.75 Å². The standard InChI is InChI=1S/C17H18O4/c1-19-15-10-13(11-16(20-2)17(15)21-3)5-4-12-6-8-14(18)9-7-12/h4-11,18H,1-3H3/b5-4-. The fourth-order valence-corrected chi connectivity index (χ4v) is 1.98. The topological polar surface area (TPSA) is 47.9 Å². The van der Waals surface area contributed by atoms with E-state index in [0.29, 0.717) is 17.2 Å². The summed E-state index contributed by atoms with van der Waals surface area (Å²) in [5.41, 5.74) is 1.92. The molecule has 0 aliphatic carbocycles. The fraction of sp³-hybridized carbons (Fsp3) is 0.176.